The maximum absolute atomic E-state index is 5.81. The number of nitrogens with zero attached hydrogens (tertiary/aromatic N) is 5. The van der Waals surface area contributed by atoms with Gasteiger partial charge in [-0.25, -0.2) is 10.0 Å². The van der Waals surface area contributed by atoms with E-state index in [9.17, 15) is 0 Å². The number of aromatic nitrogens is 4. The largest absolute Gasteiger partial charge is 0.268 e. The Hall–Kier alpha value is -2.47. The first-order valence-corrected chi connectivity index (χ1v) is 6.88. The SMILES string of the molecule is CCc1cc(N(C)OCc2ccccc2)n2ncnc2n1. The number of hydroxylamine groups is 1. The highest BCUT2D eigenvalue weighted by Crippen LogP contribution is 2.16. The molecule has 0 N–H and O–H groups in total. The van der Waals surface area contributed by atoms with Crippen LogP contribution in [0.4, 0.5) is 5.82 Å². The summed E-state index contributed by atoms with van der Waals surface area (Å²) in [6.07, 6.45) is 2.33. The summed E-state index contributed by atoms with van der Waals surface area (Å²) in [7, 11) is 1.86. The molecule has 0 amide bonds. The lowest BCUT2D eigenvalue weighted by Gasteiger charge is -2.19. The van der Waals surface area contributed by atoms with Crippen molar-refractivity contribution in [3.05, 3.63) is 54.0 Å². The van der Waals surface area contributed by atoms with Crippen LogP contribution in [0.2, 0.25) is 0 Å². The fraction of sp³-hybridized carbons (Fsp3) is 0.267. The topological polar surface area (TPSA) is 55.6 Å². The number of aryl methyl sites for hydroxylation is 1. The predicted octanol–water partition coefficient (Wildman–Crippen LogP) is 2.25. The smallest absolute Gasteiger partial charge is 0.254 e. The lowest BCUT2D eigenvalue weighted by atomic mass is 10.2. The van der Waals surface area contributed by atoms with Crippen molar-refractivity contribution in [2.24, 2.45) is 0 Å². The third-order valence-electron chi connectivity index (χ3n) is 3.24. The van der Waals surface area contributed by atoms with Gasteiger partial charge in [0.25, 0.3) is 5.78 Å². The summed E-state index contributed by atoms with van der Waals surface area (Å²) in [5, 5.41) is 5.90. The van der Waals surface area contributed by atoms with E-state index in [4.69, 9.17) is 4.84 Å². The van der Waals surface area contributed by atoms with Crippen LogP contribution in [0.15, 0.2) is 42.7 Å². The number of hydrogen-bond acceptors (Lipinski definition) is 5. The lowest BCUT2D eigenvalue weighted by molar-refractivity contribution is 0.105. The second-order valence-corrected chi connectivity index (χ2v) is 4.69. The predicted molar refractivity (Wildman–Crippen MR) is 79.8 cm³/mol. The molecule has 108 valence electrons. The van der Waals surface area contributed by atoms with E-state index in [2.05, 4.69) is 22.0 Å². The lowest BCUT2D eigenvalue weighted by Crippen LogP contribution is -2.21. The fourth-order valence-electron chi connectivity index (χ4n) is 2.06. The molecule has 6 heteroatoms. The van der Waals surface area contributed by atoms with E-state index in [0.29, 0.717) is 12.4 Å². The molecule has 0 fully saturated rings. The third kappa shape index (κ3) is 2.85. The summed E-state index contributed by atoms with van der Waals surface area (Å²) in [6, 6.07) is 12.0. The first kappa shape index (κ1) is 13.5. The maximum Gasteiger partial charge on any atom is 0.254 e. The molecule has 0 unspecified atom stereocenters. The quantitative estimate of drug-likeness (QED) is 0.672. The number of fused-ring (bicyclic) bond motifs is 1. The van der Waals surface area contributed by atoms with Crippen molar-refractivity contribution < 1.29 is 4.84 Å². The van der Waals surface area contributed by atoms with Crippen LogP contribution < -0.4 is 5.06 Å². The molecule has 3 aromatic rings. The van der Waals surface area contributed by atoms with Gasteiger partial charge < -0.3 is 0 Å². The molecular weight excluding hydrogens is 266 g/mol. The Morgan fingerprint density at radius 1 is 1.24 bits per heavy atom. The zero-order valence-electron chi connectivity index (χ0n) is 12.1. The van der Waals surface area contributed by atoms with E-state index in [1.165, 1.54) is 6.33 Å². The summed E-state index contributed by atoms with van der Waals surface area (Å²) in [5.74, 6) is 1.39. The van der Waals surface area contributed by atoms with Crippen LogP contribution >= 0.6 is 0 Å². The summed E-state index contributed by atoms with van der Waals surface area (Å²) in [4.78, 5) is 14.4. The average molecular weight is 283 g/mol. The summed E-state index contributed by atoms with van der Waals surface area (Å²) >= 11 is 0. The number of rotatable bonds is 5. The molecule has 0 aliphatic heterocycles. The van der Waals surface area contributed by atoms with Gasteiger partial charge in [-0.1, -0.05) is 37.3 Å². The Balaban J connectivity index is 1.83. The molecule has 0 aliphatic rings. The van der Waals surface area contributed by atoms with Crippen molar-refractivity contribution in [1.29, 1.82) is 0 Å². The minimum Gasteiger partial charge on any atom is -0.268 e. The van der Waals surface area contributed by atoms with Crippen LogP contribution in [0.5, 0.6) is 0 Å². The summed E-state index contributed by atoms with van der Waals surface area (Å²) in [5.41, 5.74) is 2.07. The minimum atomic E-state index is 0.497. The monoisotopic (exact) mass is 283 g/mol. The zero-order chi connectivity index (χ0) is 14.7. The molecule has 1 aromatic carbocycles. The highest BCUT2D eigenvalue weighted by Gasteiger charge is 2.11. The molecule has 0 radical (unpaired) electrons. The zero-order valence-corrected chi connectivity index (χ0v) is 12.1. The van der Waals surface area contributed by atoms with E-state index < -0.39 is 0 Å². The highest BCUT2D eigenvalue weighted by molar-refractivity contribution is 5.45. The Labute approximate surface area is 123 Å². The molecular formula is C15H17N5O. The Kier molecular flexibility index (Phi) is 3.79. The average Bonchev–Trinajstić information content (AvgIpc) is 3.01. The summed E-state index contributed by atoms with van der Waals surface area (Å²) in [6.45, 7) is 2.56. The van der Waals surface area contributed by atoms with Crippen LogP contribution in [0.1, 0.15) is 18.2 Å². The van der Waals surface area contributed by atoms with Gasteiger partial charge in [0.2, 0.25) is 0 Å². The molecule has 2 aromatic heterocycles. The van der Waals surface area contributed by atoms with Crippen molar-refractivity contribution in [3.8, 4) is 0 Å². The summed E-state index contributed by atoms with van der Waals surface area (Å²) < 4.78 is 1.67. The molecule has 3 rings (SSSR count). The van der Waals surface area contributed by atoms with Gasteiger partial charge in [0.15, 0.2) is 5.82 Å². The van der Waals surface area contributed by atoms with Gasteiger partial charge in [-0.05, 0) is 12.0 Å². The third-order valence-corrected chi connectivity index (χ3v) is 3.24. The van der Waals surface area contributed by atoms with Gasteiger partial charge in [0.05, 0.1) is 6.61 Å². The molecule has 6 nitrogen and oxygen atoms in total. The normalized spacial score (nSPS) is 11.0. The van der Waals surface area contributed by atoms with Gasteiger partial charge in [-0.15, -0.1) is 0 Å². The van der Waals surface area contributed by atoms with Crippen molar-refractivity contribution >= 4 is 11.6 Å². The molecule has 21 heavy (non-hydrogen) atoms. The standard InChI is InChI=1S/C15H17N5O/c1-3-13-9-14(20-15(18-13)16-11-17-20)19(2)21-10-12-7-5-4-6-8-12/h4-9,11H,3,10H2,1-2H3. The van der Waals surface area contributed by atoms with E-state index in [1.807, 2.05) is 43.4 Å². The van der Waals surface area contributed by atoms with Crippen LogP contribution in [0.3, 0.4) is 0 Å². The van der Waals surface area contributed by atoms with E-state index in [-0.39, 0.29) is 0 Å². The van der Waals surface area contributed by atoms with Gasteiger partial charge >= 0.3 is 0 Å². The van der Waals surface area contributed by atoms with Gasteiger partial charge in [-0.3, -0.25) is 4.84 Å². The molecule has 0 bridgehead atoms. The molecule has 0 spiro atoms. The van der Waals surface area contributed by atoms with E-state index in [0.717, 1.165) is 23.5 Å². The molecule has 0 aliphatic carbocycles. The van der Waals surface area contributed by atoms with E-state index in [1.54, 1.807) is 9.58 Å². The maximum atomic E-state index is 5.81. The van der Waals surface area contributed by atoms with Crippen LogP contribution in [-0.2, 0) is 17.9 Å². The molecule has 0 saturated heterocycles. The molecule has 2 heterocycles. The second kappa shape index (κ2) is 5.88. The van der Waals surface area contributed by atoms with E-state index >= 15 is 0 Å². The number of hydrogen-bond donors (Lipinski definition) is 0. The highest BCUT2D eigenvalue weighted by atomic mass is 16.7. The van der Waals surface area contributed by atoms with Gasteiger partial charge in [0.1, 0.15) is 6.33 Å². The fourth-order valence-corrected chi connectivity index (χ4v) is 2.06. The van der Waals surface area contributed by atoms with Crippen LogP contribution in [0.25, 0.3) is 5.78 Å². The van der Waals surface area contributed by atoms with Gasteiger partial charge in [0, 0.05) is 18.8 Å². The number of benzene rings is 1. The van der Waals surface area contributed by atoms with Crippen molar-refractivity contribution in [2.45, 2.75) is 20.0 Å². The van der Waals surface area contributed by atoms with Crippen molar-refractivity contribution in [2.75, 3.05) is 12.1 Å². The Bertz CT molecular complexity index is 725. The van der Waals surface area contributed by atoms with Gasteiger partial charge in [-0.2, -0.15) is 14.6 Å². The van der Waals surface area contributed by atoms with Crippen LogP contribution in [0, 0.1) is 0 Å². The Morgan fingerprint density at radius 2 is 2.05 bits per heavy atom. The van der Waals surface area contributed by atoms with Crippen LogP contribution in [-0.4, -0.2) is 26.6 Å². The van der Waals surface area contributed by atoms with Crippen molar-refractivity contribution in [3.63, 3.8) is 0 Å². The van der Waals surface area contributed by atoms with Crippen molar-refractivity contribution in [1.82, 2.24) is 19.6 Å². The molecule has 0 atom stereocenters. The minimum absolute atomic E-state index is 0.497. The second-order valence-electron chi connectivity index (χ2n) is 4.69. The first-order valence-electron chi connectivity index (χ1n) is 6.88. The Morgan fingerprint density at radius 3 is 2.81 bits per heavy atom. The number of anilines is 1. The first-order chi connectivity index (χ1) is 10.3. The molecule has 0 saturated carbocycles.